The topological polar surface area (TPSA) is 24.7 Å². The van der Waals surface area contributed by atoms with Crippen molar-refractivity contribution in [1.29, 1.82) is 0 Å². The van der Waals surface area contributed by atoms with Gasteiger partial charge < -0.3 is 0 Å². The van der Waals surface area contributed by atoms with Crippen molar-refractivity contribution >= 4 is 43.2 Å². The Morgan fingerprint density at radius 1 is 0.771 bits per heavy atom. The number of aryl methyl sites for hydroxylation is 4. The average molecular weight is 558 g/mol. The number of fused-ring (bicyclic) bond motifs is 2. The molecule has 2 aliphatic rings. The van der Waals surface area contributed by atoms with Crippen molar-refractivity contribution < 1.29 is 12.7 Å². The number of benzene rings is 2. The maximum atomic E-state index is 5.52. The summed E-state index contributed by atoms with van der Waals surface area (Å²) in [6.45, 7) is 16.3. The molecule has 194 valence electrons. The molecular formula is C30H40Cl2N2Ni. The molecule has 2 saturated carbocycles. The van der Waals surface area contributed by atoms with E-state index in [1.165, 1.54) is 57.9 Å². The van der Waals surface area contributed by atoms with Crippen LogP contribution < -0.4 is 0 Å². The number of hydrogen-bond acceptors (Lipinski definition) is 2. The summed E-state index contributed by atoms with van der Waals surface area (Å²) in [6, 6.07) is 13.4. The van der Waals surface area contributed by atoms with Gasteiger partial charge in [-0.3, -0.25) is 9.98 Å². The van der Waals surface area contributed by atoms with E-state index in [1.807, 2.05) is 0 Å². The van der Waals surface area contributed by atoms with E-state index >= 15 is 0 Å². The third-order valence-corrected chi connectivity index (χ3v) is 8.71. The zero-order valence-corrected chi connectivity index (χ0v) is 24.8. The molecule has 2 aromatic rings. The molecule has 4 rings (SSSR count). The monoisotopic (exact) mass is 556 g/mol. The van der Waals surface area contributed by atoms with Crippen LogP contribution in [0.25, 0.3) is 0 Å². The fourth-order valence-electron chi connectivity index (χ4n) is 6.11. The Kier molecular flexibility index (Phi) is 9.69. The predicted molar refractivity (Wildman–Crippen MR) is 151 cm³/mol. The van der Waals surface area contributed by atoms with Crippen LogP contribution in [-0.4, -0.2) is 11.4 Å². The van der Waals surface area contributed by atoms with E-state index in [2.05, 4.69) is 84.9 Å². The zero-order valence-electron chi connectivity index (χ0n) is 22.3. The number of nitrogens with zero attached hydrogens (tertiary/aromatic N) is 2. The quantitative estimate of drug-likeness (QED) is 0.316. The Morgan fingerprint density at radius 2 is 1.17 bits per heavy atom. The van der Waals surface area contributed by atoms with E-state index in [-0.39, 0.29) is 10.8 Å². The van der Waals surface area contributed by atoms with Crippen molar-refractivity contribution in [3.63, 3.8) is 0 Å². The van der Waals surface area contributed by atoms with Gasteiger partial charge in [-0.25, -0.2) is 0 Å². The van der Waals surface area contributed by atoms with E-state index in [9.17, 15) is 0 Å². The molecule has 2 nitrogen and oxygen atoms in total. The van der Waals surface area contributed by atoms with Crippen LogP contribution in [0.4, 0.5) is 11.4 Å². The summed E-state index contributed by atoms with van der Waals surface area (Å²) >= 11 is 0.569. The van der Waals surface area contributed by atoms with Gasteiger partial charge in [-0.05, 0) is 66.2 Å². The van der Waals surface area contributed by atoms with Gasteiger partial charge in [-0.1, -0.05) is 84.9 Å². The molecule has 2 aliphatic carbocycles. The van der Waals surface area contributed by atoms with Crippen LogP contribution in [-0.2, 0) is 38.3 Å². The van der Waals surface area contributed by atoms with Crippen LogP contribution in [0.3, 0.4) is 0 Å². The normalized spacial score (nSPS) is 24.8. The first-order valence-electron chi connectivity index (χ1n) is 13.0. The van der Waals surface area contributed by atoms with Crippen LogP contribution in [0.2, 0.25) is 0 Å². The SMILES string of the molecule is CCc1cccc(CC)c1N=C1C(=Nc2c(CC)cccc2CC)C2(C)CCC1C2(C)C.[Cl][Ni][Cl]. The Hall–Kier alpha value is -1.15. The van der Waals surface area contributed by atoms with Gasteiger partial charge in [0.1, 0.15) is 0 Å². The number of hydrogen-bond donors (Lipinski definition) is 0. The molecule has 5 heteroatoms. The predicted octanol–water partition coefficient (Wildman–Crippen LogP) is 9.61. The van der Waals surface area contributed by atoms with E-state index in [0.29, 0.717) is 18.6 Å². The van der Waals surface area contributed by atoms with Crippen molar-refractivity contribution in [2.75, 3.05) is 0 Å². The van der Waals surface area contributed by atoms with E-state index in [1.54, 1.807) is 0 Å². The molecule has 0 radical (unpaired) electrons. The van der Waals surface area contributed by atoms with Crippen LogP contribution >= 0.6 is 20.4 Å². The fourth-order valence-corrected chi connectivity index (χ4v) is 6.11. The van der Waals surface area contributed by atoms with Gasteiger partial charge in [0.05, 0.1) is 22.8 Å². The summed E-state index contributed by atoms with van der Waals surface area (Å²) in [7, 11) is 9.40. The minimum atomic E-state index is 0.0654. The molecule has 2 atom stereocenters. The van der Waals surface area contributed by atoms with Crippen molar-refractivity contribution in [2.24, 2.45) is 26.7 Å². The van der Waals surface area contributed by atoms with Gasteiger partial charge >= 0.3 is 33.0 Å². The van der Waals surface area contributed by atoms with Crippen molar-refractivity contribution in [1.82, 2.24) is 0 Å². The Bertz CT molecular complexity index is 1060. The van der Waals surface area contributed by atoms with E-state index in [0.717, 1.165) is 25.7 Å². The molecule has 0 saturated heterocycles. The second-order valence-electron chi connectivity index (χ2n) is 10.4. The first-order valence-corrected chi connectivity index (χ1v) is 15.7. The molecule has 0 heterocycles. The molecule has 2 bridgehead atoms. The van der Waals surface area contributed by atoms with Gasteiger partial charge in [0.25, 0.3) is 0 Å². The first-order chi connectivity index (χ1) is 16.7. The third-order valence-electron chi connectivity index (χ3n) is 8.71. The molecule has 0 N–H and O–H groups in total. The van der Waals surface area contributed by atoms with Crippen LogP contribution in [0.15, 0.2) is 46.4 Å². The molecular weight excluding hydrogens is 518 g/mol. The van der Waals surface area contributed by atoms with Crippen molar-refractivity contribution in [3.8, 4) is 0 Å². The van der Waals surface area contributed by atoms with E-state index < -0.39 is 0 Å². The standard InChI is InChI=1S/C30H40N2.2ClH.Ni/c1-8-20-14-12-15-21(9-2)25(20)31-27-24-18-19-30(7,29(24,5)6)28(27)32-26-22(10-3)16-13-17-23(26)11-4;;;/h12-17,24H,8-11,18-19H2,1-7H3;2*1H;/q;;;+2/p-2. The van der Waals surface area contributed by atoms with Crippen LogP contribution in [0.1, 0.15) is 83.6 Å². The molecule has 0 aliphatic heterocycles. The second-order valence-corrected chi connectivity index (χ2v) is 12.0. The zero-order chi connectivity index (χ0) is 25.8. The summed E-state index contributed by atoms with van der Waals surface area (Å²) in [5.41, 5.74) is 10.6. The minimum absolute atomic E-state index is 0.0654. The number of rotatable bonds is 6. The van der Waals surface area contributed by atoms with Gasteiger partial charge in [0.2, 0.25) is 0 Å². The molecule has 0 aromatic heterocycles. The van der Waals surface area contributed by atoms with Crippen LogP contribution in [0.5, 0.6) is 0 Å². The van der Waals surface area contributed by atoms with Crippen molar-refractivity contribution in [3.05, 3.63) is 58.7 Å². The fraction of sp³-hybridized carbons (Fsp3) is 0.533. The number of aliphatic imine (C=N–C) groups is 2. The Morgan fingerprint density at radius 3 is 1.57 bits per heavy atom. The maximum absolute atomic E-state index is 5.52. The molecule has 0 amide bonds. The summed E-state index contributed by atoms with van der Waals surface area (Å²) in [5, 5.41) is 0. The summed E-state index contributed by atoms with van der Waals surface area (Å²) in [4.78, 5) is 11.0. The van der Waals surface area contributed by atoms with Gasteiger partial charge in [-0.15, -0.1) is 0 Å². The number of halogens is 2. The molecule has 2 unspecified atom stereocenters. The Labute approximate surface area is 227 Å². The molecule has 2 aromatic carbocycles. The third kappa shape index (κ3) is 5.16. The van der Waals surface area contributed by atoms with Crippen molar-refractivity contribution in [2.45, 2.75) is 87.0 Å². The molecule has 0 spiro atoms. The summed E-state index contributed by atoms with van der Waals surface area (Å²) < 4.78 is 0. The second kappa shape index (κ2) is 11.9. The molecule has 2 fully saturated rings. The van der Waals surface area contributed by atoms with Gasteiger partial charge in [0.15, 0.2) is 0 Å². The first kappa shape index (κ1) is 28.4. The summed E-state index contributed by atoms with van der Waals surface area (Å²) in [5.74, 6) is 0.472. The Balaban J connectivity index is 0.00000108. The van der Waals surface area contributed by atoms with Gasteiger partial charge in [0, 0.05) is 11.3 Å². The van der Waals surface area contributed by atoms with E-state index in [4.69, 9.17) is 30.4 Å². The average Bonchev–Trinajstić information content (AvgIpc) is 3.17. The number of para-hydroxylation sites is 2. The van der Waals surface area contributed by atoms with Crippen LogP contribution in [0, 0.1) is 16.7 Å². The van der Waals surface area contributed by atoms with Gasteiger partial charge in [-0.2, -0.15) is 0 Å². The molecule has 35 heavy (non-hydrogen) atoms. The summed E-state index contributed by atoms with van der Waals surface area (Å²) in [6.07, 6.45) is 6.46.